The van der Waals surface area contributed by atoms with Crippen molar-refractivity contribution in [1.82, 2.24) is 4.90 Å². The summed E-state index contributed by atoms with van der Waals surface area (Å²) in [6.45, 7) is 5.68. The Morgan fingerprint density at radius 3 is 2.25 bits per heavy atom. The molecule has 0 N–H and O–H groups in total. The fraction of sp³-hybridized carbons (Fsp3) is 0.562. The molecule has 1 aliphatic carbocycles. The molecular formula is C16H22N2O2. The fourth-order valence-corrected chi connectivity index (χ4v) is 2.88. The Hall–Kier alpha value is -1.71. The highest BCUT2D eigenvalue weighted by Crippen LogP contribution is 2.39. The van der Waals surface area contributed by atoms with Gasteiger partial charge in [-0.15, -0.1) is 0 Å². The SMILES string of the molecule is COc1ccc(N2CCN(C(=O)[C@H]3C[C@H]3C)CC2)cc1. The zero-order valence-electron chi connectivity index (χ0n) is 12.2. The van der Waals surface area contributed by atoms with E-state index in [0.717, 1.165) is 38.3 Å². The molecule has 1 aromatic carbocycles. The molecule has 1 saturated carbocycles. The van der Waals surface area contributed by atoms with Crippen LogP contribution in [0.4, 0.5) is 5.69 Å². The standard InChI is InChI=1S/C16H22N2O2/c1-12-11-15(12)16(19)18-9-7-17(8-10-18)13-3-5-14(20-2)6-4-13/h3-6,12,15H,7-11H2,1-2H3/t12-,15+/m1/s1. The lowest BCUT2D eigenvalue weighted by Gasteiger charge is -2.36. The molecule has 4 nitrogen and oxygen atoms in total. The largest absolute Gasteiger partial charge is 0.497 e. The summed E-state index contributed by atoms with van der Waals surface area (Å²) in [7, 11) is 1.68. The van der Waals surface area contributed by atoms with E-state index in [9.17, 15) is 4.79 Å². The lowest BCUT2D eigenvalue weighted by atomic mass is 10.2. The van der Waals surface area contributed by atoms with Crippen LogP contribution in [-0.4, -0.2) is 44.1 Å². The van der Waals surface area contributed by atoms with Crippen molar-refractivity contribution in [2.45, 2.75) is 13.3 Å². The van der Waals surface area contributed by atoms with Crippen LogP contribution < -0.4 is 9.64 Å². The zero-order chi connectivity index (χ0) is 14.1. The molecule has 20 heavy (non-hydrogen) atoms. The van der Waals surface area contributed by atoms with E-state index in [1.807, 2.05) is 17.0 Å². The number of nitrogens with zero attached hydrogens (tertiary/aromatic N) is 2. The second-order valence-electron chi connectivity index (χ2n) is 5.83. The summed E-state index contributed by atoms with van der Waals surface area (Å²) in [4.78, 5) is 16.6. The van der Waals surface area contributed by atoms with Gasteiger partial charge in [-0.3, -0.25) is 4.79 Å². The first kappa shape index (κ1) is 13.3. The number of benzene rings is 1. The minimum Gasteiger partial charge on any atom is -0.497 e. The number of hydrogen-bond acceptors (Lipinski definition) is 3. The van der Waals surface area contributed by atoms with Crippen molar-refractivity contribution in [3.63, 3.8) is 0 Å². The molecule has 1 amide bonds. The molecule has 1 aromatic rings. The van der Waals surface area contributed by atoms with Crippen LogP contribution >= 0.6 is 0 Å². The van der Waals surface area contributed by atoms with Crippen molar-refractivity contribution in [1.29, 1.82) is 0 Å². The first-order valence-electron chi connectivity index (χ1n) is 7.37. The highest BCUT2D eigenvalue weighted by atomic mass is 16.5. The molecule has 0 spiro atoms. The molecule has 2 atom stereocenters. The second kappa shape index (κ2) is 5.35. The molecule has 108 valence electrons. The average molecular weight is 274 g/mol. The predicted molar refractivity (Wildman–Crippen MR) is 79.1 cm³/mol. The van der Waals surface area contributed by atoms with Crippen LogP contribution in [0.5, 0.6) is 5.75 Å². The molecule has 1 saturated heterocycles. The Morgan fingerprint density at radius 1 is 1.15 bits per heavy atom. The van der Waals surface area contributed by atoms with Gasteiger partial charge in [0.1, 0.15) is 5.75 Å². The molecular weight excluding hydrogens is 252 g/mol. The third-order valence-electron chi connectivity index (χ3n) is 4.46. The van der Waals surface area contributed by atoms with Crippen molar-refractivity contribution in [2.24, 2.45) is 11.8 Å². The number of methoxy groups -OCH3 is 1. The van der Waals surface area contributed by atoms with E-state index in [0.29, 0.717) is 17.7 Å². The van der Waals surface area contributed by atoms with Crippen molar-refractivity contribution in [3.05, 3.63) is 24.3 Å². The van der Waals surface area contributed by atoms with Gasteiger partial charge in [0.05, 0.1) is 7.11 Å². The van der Waals surface area contributed by atoms with Gasteiger partial charge in [-0.2, -0.15) is 0 Å². The van der Waals surface area contributed by atoms with Gasteiger partial charge in [0.25, 0.3) is 0 Å². The van der Waals surface area contributed by atoms with Gasteiger partial charge >= 0.3 is 0 Å². The fourth-order valence-electron chi connectivity index (χ4n) is 2.88. The van der Waals surface area contributed by atoms with E-state index in [1.54, 1.807) is 7.11 Å². The molecule has 1 heterocycles. The first-order chi connectivity index (χ1) is 9.69. The van der Waals surface area contributed by atoms with Crippen LogP contribution in [-0.2, 0) is 4.79 Å². The Balaban J connectivity index is 1.56. The van der Waals surface area contributed by atoms with Crippen molar-refractivity contribution >= 4 is 11.6 Å². The Morgan fingerprint density at radius 2 is 1.75 bits per heavy atom. The highest BCUT2D eigenvalue weighted by molar-refractivity contribution is 5.81. The molecule has 4 heteroatoms. The quantitative estimate of drug-likeness (QED) is 0.845. The first-order valence-corrected chi connectivity index (χ1v) is 7.37. The number of anilines is 1. The van der Waals surface area contributed by atoms with E-state index in [4.69, 9.17) is 4.74 Å². The van der Waals surface area contributed by atoms with Crippen LogP contribution in [0.2, 0.25) is 0 Å². The van der Waals surface area contributed by atoms with E-state index < -0.39 is 0 Å². The van der Waals surface area contributed by atoms with E-state index >= 15 is 0 Å². The smallest absolute Gasteiger partial charge is 0.226 e. The van der Waals surface area contributed by atoms with Crippen LogP contribution in [0, 0.1) is 11.8 Å². The van der Waals surface area contributed by atoms with E-state index in [2.05, 4.69) is 24.0 Å². The number of carbonyl (C=O) groups is 1. The van der Waals surface area contributed by atoms with Crippen LogP contribution in [0.25, 0.3) is 0 Å². The molecule has 2 aliphatic rings. The number of carbonyl (C=O) groups excluding carboxylic acids is 1. The Kier molecular flexibility index (Phi) is 3.55. The molecule has 0 unspecified atom stereocenters. The third kappa shape index (κ3) is 2.60. The van der Waals surface area contributed by atoms with E-state index in [-0.39, 0.29) is 0 Å². The maximum absolute atomic E-state index is 12.2. The maximum Gasteiger partial charge on any atom is 0.226 e. The van der Waals surface area contributed by atoms with Crippen molar-refractivity contribution in [3.8, 4) is 5.75 Å². The number of hydrogen-bond donors (Lipinski definition) is 0. The monoisotopic (exact) mass is 274 g/mol. The lowest BCUT2D eigenvalue weighted by Crippen LogP contribution is -2.49. The number of piperazine rings is 1. The summed E-state index contributed by atoms with van der Waals surface area (Å²) in [5.74, 6) is 2.15. The van der Waals surface area contributed by atoms with Gasteiger partial charge in [0, 0.05) is 37.8 Å². The van der Waals surface area contributed by atoms with Crippen LogP contribution in [0.1, 0.15) is 13.3 Å². The van der Waals surface area contributed by atoms with Gasteiger partial charge in [0.15, 0.2) is 0 Å². The normalized spacial score (nSPS) is 25.5. The second-order valence-corrected chi connectivity index (χ2v) is 5.83. The minimum absolute atomic E-state index is 0.308. The molecule has 0 aromatic heterocycles. The summed E-state index contributed by atoms with van der Waals surface area (Å²) in [6, 6.07) is 8.13. The molecule has 0 bridgehead atoms. The van der Waals surface area contributed by atoms with Crippen LogP contribution in [0.3, 0.4) is 0 Å². The Labute approximate surface area is 120 Å². The van der Waals surface area contributed by atoms with Crippen molar-refractivity contribution < 1.29 is 9.53 Å². The van der Waals surface area contributed by atoms with Gasteiger partial charge in [-0.05, 0) is 36.6 Å². The molecule has 2 fully saturated rings. The zero-order valence-corrected chi connectivity index (χ0v) is 12.2. The number of rotatable bonds is 3. The van der Waals surface area contributed by atoms with Gasteiger partial charge in [0.2, 0.25) is 5.91 Å². The van der Waals surface area contributed by atoms with Gasteiger partial charge in [-0.1, -0.05) is 6.92 Å². The van der Waals surface area contributed by atoms with Crippen molar-refractivity contribution in [2.75, 3.05) is 38.2 Å². The van der Waals surface area contributed by atoms with Gasteiger partial charge < -0.3 is 14.5 Å². The third-order valence-corrected chi connectivity index (χ3v) is 4.46. The summed E-state index contributed by atoms with van der Waals surface area (Å²) in [5.41, 5.74) is 1.21. The summed E-state index contributed by atoms with van der Waals surface area (Å²) < 4.78 is 5.18. The topological polar surface area (TPSA) is 32.8 Å². The Bertz CT molecular complexity index is 478. The lowest BCUT2D eigenvalue weighted by molar-refractivity contribution is -0.133. The highest BCUT2D eigenvalue weighted by Gasteiger charge is 2.41. The summed E-state index contributed by atoms with van der Waals surface area (Å²) in [5, 5.41) is 0. The molecule has 1 aliphatic heterocycles. The summed E-state index contributed by atoms with van der Waals surface area (Å²) in [6.07, 6.45) is 1.08. The predicted octanol–water partition coefficient (Wildman–Crippen LogP) is 2.00. The maximum atomic E-state index is 12.2. The van der Waals surface area contributed by atoms with Gasteiger partial charge in [-0.25, -0.2) is 0 Å². The number of ether oxygens (including phenoxy) is 1. The summed E-state index contributed by atoms with van der Waals surface area (Å²) >= 11 is 0. The van der Waals surface area contributed by atoms with Crippen LogP contribution in [0.15, 0.2) is 24.3 Å². The molecule has 3 rings (SSSR count). The number of amides is 1. The molecule has 0 radical (unpaired) electrons. The van der Waals surface area contributed by atoms with E-state index in [1.165, 1.54) is 5.69 Å². The average Bonchev–Trinajstić information content (AvgIpc) is 3.24. The minimum atomic E-state index is 0.308.